The number of hydrogen-bond acceptors (Lipinski definition) is 3. The lowest BCUT2D eigenvalue weighted by molar-refractivity contribution is 0.782. The van der Waals surface area contributed by atoms with Gasteiger partial charge in [-0.2, -0.15) is 5.10 Å². The van der Waals surface area contributed by atoms with Crippen LogP contribution in [-0.4, -0.2) is 14.8 Å². The number of rotatable bonds is 2. The first-order valence-corrected chi connectivity index (χ1v) is 7.36. The minimum atomic E-state index is 0.639. The number of pyridine rings is 1. The van der Waals surface area contributed by atoms with Crippen LogP contribution in [0.3, 0.4) is 0 Å². The van der Waals surface area contributed by atoms with Crippen LogP contribution >= 0.6 is 15.9 Å². The number of hydrogen-bond donors (Lipinski definition) is 1. The molecule has 2 N–H and O–H groups in total. The van der Waals surface area contributed by atoms with E-state index in [2.05, 4.69) is 45.1 Å². The third-order valence-electron chi connectivity index (χ3n) is 3.49. The maximum atomic E-state index is 6.22. The van der Waals surface area contributed by atoms with Gasteiger partial charge in [-0.1, -0.05) is 28.1 Å². The molecule has 0 aliphatic heterocycles. The third-order valence-corrected chi connectivity index (χ3v) is 3.98. The number of nitrogen functional groups attached to an aromatic ring is 1. The number of benzene rings is 1. The average Bonchev–Trinajstić information content (AvgIpc) is 2.75. The van der Waals surface area contributed by atoms with Gasteiger partial charge in [0.2, 0.25) is 0 Å². The molecule has 3 rings (SSSR count). The lowest BCUT2D eigenvalue weighted by Crippen LogP contribution is -1.98. The SMILES string of the molecule is Cc1cc(Br)ccc1-c1nn(C)c(N)c1-c1cccnc1. The fourth-order valence-corrected chi connectivity index (χ4v) is 2.89. The number of aromatic nitrogens is 3. The quantitative estimate of drug-likeness (QED) is 0.770. The molecule has 0 aliphatic carbocycles. The van der Waals surface area contributed by atoms with Gasteiger partial charge in [-0.3, -0.25) is 9.67 Å². The van der Waals surface area contributed by atoms with E-state index in [0.29, 0.717) is 5.82 Å². The second-order valence-electron chi connectivity index (χ2n) is 4.93. The first-order valence-electron chi connectivity index (χ1n) is 6.57. The van der Waals surface area contributed by atoms with E-state index in [1.54, 1.807) is 10.9 Å². The Morgan fingerprint density at radius 2 is 2.05 bits per heavy atom. The molecule has 0 fully saturated rings. The Bertz CT molecular complexity index is 794. The van der Waals surface area contributed by atoms with Crippen molar-refractivity contribution in [3.05, 3.63) is 52.8 Å². The maximum absolute atomic E-state index is 6.22. The van der Waals surface area contributed by atoms with Crippen LogP contribution in [0.25, 0.3) is 22.4 Å². The summed E-state index contributed by atoms with van der Waals surface area (Å²) in [6, 6.07) is 10.0. The highest BCUT2D eigenvalue weighted by Crippen LogP contribution is 2.37. The third kappa shape index (κ3) is 2.45. The number of nitrogens with two attached hydrogens (primary N) is 1. The first kappa shape index (κ1) is 13.8. The summed E-state index contributed by atoms with van der Waals surface area (Å²) >= 11 is 3.49. The number of anilines is 1. The van der Waals surface area contributed by atoms with Crippen molar-refractivity contribution in [1.29, 1.82) is 0 Å². The molecule has 0 saturated carbocycles. The van der Waals surface area contributed by atoms with Gasteiger partial charge in [0.15, 0.2) is 0 Å². The molecule has 106 valence electrons. The van der Waals surface area contributed by atoms with Crippen LogP contribution in [0.5, 0.6) is 0 Å². The largest absolute Gasteiger partial charge is 0.383 e. The standard InChI is InChI=1S/C16H15BrN4/c1-10-8-12(17)5-6-13(10)15-14(16(18)21(2)20-15)11-4-3-7-19-9-11/h3-9H,18H2,1-2H3. The first-order chi connectivity index (χ1) is 10.1. The highest BCUT2D eigenvalue weighted by Gasteiger charge is 2.18. The maximum Gasteiger partial charge on any atom is 0.129 e. The van der Waals surface area contributed by atoms with Crippen molar-refractivity contribution in [2.24, 2.45) is 7.05 Å². The summed E-state index contributed by atoms with van der Waals surface area (Å²) in [6.07, 6.45) is 3.56. The Hall–Kier alpha value is -2.14. The summed E-state index contributed by atoms with van der Waals surface area (Å²) in [7, 11) is 1.85. The lowest BCUT2D eigenvalue weighted by atomic mass is 9.99. The number of nitrogens with zero attached hydrogens (tertiary/aromatic N) is 3. The van der Waals surface area contributed by atoms with Gasteiger partial charge in [0.25, 0.3) is 0 Å². The molecule has 0 bridgehead atoms. The van der Waals surface area contributed by atoms with Crippen molar-refractivity contribution < 1.29 is 0 Å². The topological polar surface area (TPSA) is 56.7 Å². The molecule has 2 heterocycles. The van der Waals surface area contributed by atoms with Gasteiger partial charge < -0.3 is 5.73 Å². The van der Waals surface area contributed by atoms with Crippen molar-refractivity contribution in [2.45, 2.75) is 6.92 Å². The molecule has 0 amide bonds. The molecule has 0 spiro atoms. The molecule has 5 heteroatoms. The normalized spacial score (nSPS) is 10.8. The second-order valence-corrected chi connectivity index (χ2v) is 5.85. The molecule has 2 aromatic heterocycles. The highest BCUT2D eigenvalue weighted by atomic mass is 79.9. The van der Waals surface area contributed by atoms with Crippen LogP contribution in [0.4, 0.5) is 5.82 Å². The smallest absolute Gasteiger partial charge is 0.129 e. The molecule has 0 saturated heterocycles. The van der Waals surface area contributed by atoms with Gasteiger partial charge in [-0.15, -0.1) is 0 Å². The van der Waals surface area contributed by atoms with Gasteiger partial charge in [0, 0.05) is 35.0 Å². The minimum absolute atomic E-state index is 0.639. The summed E-state index contributed by atoms with van der Waals surface area (Å²) < 4.78 is 2.76. The average molecular weight is 343 g/mol. The van der Waals surface area contributed by atoms with Crippen LogP contribution in [0, 0.1) is 6.92 Å². The van der Waals surface area contributed by atoms with E-state index >= 15 is 0 Å². The summed E-state index contributed by atoms with van der Waals surface area (Å²) in [5.74, 6) is 0.639. The molecule has 1 aromatic carbocycles. The minimum Gasteiger partial charge on any atom is -0.383 e. The zero-order valence-electron chi connectivity index (χ0n) is 11.8. The Balaban J connectivity index is 2.27. The molecule has 0 unspecified atom stereocenters. The zero-order chi connectivity index (χ0) is 15.0. The Morgan fingerprint density at radius 1 is 1.24 bits per heavy atom. The van der Waals surface area contributed by atoms with Crippen LogP contribution in [0.15, 0.2) is 47.2 Å². The number of halogens is 1. The predicted molar refractivity (Wildman–Crippen MR) is 88.7 cm³/mol. The molecule has 0 radical (unpaired) electrons. The molecular formula is C16H15BrN4. The monoisotopic (exact) mass is 342 g/mol. The van der Waals surface area contributed by atoms with Crippen LogP contribution in [0.1, 0.15) is 5.56 Å². The van der Waals surface area contributed by atoms with Gasteiger partial charge in [-0.05, 0) is 30.7 Å². The van der Waals surface area contributed by atoms with E-state index in [1.807, 2.05) is 31.4 Å². The van der Waals surface area contributed by atoms with Crippen molar-refractivity contribution in [2.75, 3.05) is 5.73 Å². The van der Waals surface area contributed by atoms with Crippen molar-refractivity contribution in [3.63, 3.8) is 0 Å². The Morgan fingerprint density at radius 3 is 2.71 bits per heavy atom. The van der Waals surface area contributed by atoms with E-state index in [9.17, 15) is 0 Å². The number of aryl methyl sites for hydroxylation is 2. The van der Waals surface area contributed by atoms with Crippen LogP contribution in [0.2, 0.25) is 0 Å². The van der Waals surface area contributed by atoms with E-state index in [0.717, 1.165) is 32.4 Å². The lowest BCUT2D eigenvalue weighted by Gasteiger charge is -2.07. The van der Waals surface area contributed by atoms with Crippen LogP contribution in [-0.2, 0) is 7.05 Å². The fourth-order valence-electron chi connectivity index (χ4n) is 2.41. The fraction of sp³-hybridized carbons (Fsp3) is 0.125. The van der Waals surface area contributed by atoms with Gasteiger partial charge >= 0.3 is 0 Å². The van der Waals surface area contributed by atoms with E-state index in [4.69, 9.17) is 5.73 Å². The van der Waals surface area contributed by atoms with Gasteiger partial charge in [-0.25, -0.2) is 0 Å². The summed E-state index contributed by atoms with van der Waals surface area (Å²) in [5, 5.41) is 4.60. The molecule has 0 aliphatic rings. The highest BCUT2D eigenvalue weighted by molar-refractivity contribution is 9.10. The molecule has 3 aromatic rings. The van der Waals surface area contributed by atoms with E-state index < -0.39 is 0 Å². The molecule has 21 heavy (non-hydrogen) atoms. The second kappa shape index (κ2) is 5.33. The molecule has 4 nitrogen and oxygen atoms in total. The molecular weight excluding hydrogens is 328 g/mol. The van der Waals surface area contributed by atoms with Crippen molar-refractivity contribution in [1.82, 2.24) is 14.8 Å². The zero-order valence-corrected chi connectivity index (χ0v) is 13.4. The summed E-state index contributed by atoms with van der Waals surface area (Å²) in [4.78, 5) is 4.18. The summed E-state index contributed by atoms with van der Waals surface area (Å²) in [5.41, 5.74) is 11.2. The van der Waals surface area contributed by atoms with E-state index in [-0.39, 0.29) is 0 Å². The van der Waals surface area contributed by atoms with Gasteiger partial charge in [0.1, 0.15) is 11.5 Å². The predicted octanol–water partition coefficient (Wildman–Crippen LogP) is 3.80. The Kier molecular flexibility index (Phi) is 3.51. The molecule has 0 atom stereocenters. The van der Waals surface area contributed by atoms with Crippen LogP contribution < -0.4 is 5.73 Å². The van der Waals surface area contributed by atoms with Crippen molar-refractivity contribution >= 4 is 21.7 Å². The van der Waals surface area contributed by atoms with E-state index in [1.165, 1.54) is 0 Å². The summed E-state index contributed by atoms with van der Waals surface area (Å²) in [6.45, 7) is 2.07. The Labute approximate surface area is 131 Å². The van der Waals surface area contributed by atoms with Gasteiger partial charge in [0.05, 0.1) is 5.56 Å². The van der Waals surface area contributed by atoms with Crippen molar-refractivity contribution in [3.8, 4) is 22.4 Å².